The molecule has 1 aliphatic rings. The fraction of sp³-hybridized carbons (Fsp3) is 0.294. The summed E-state index contributed by atoms with van der Waals surface area (Å²) in [6.45, 7) is 4.28. The van der Waals surface area contributed by atoms with Gasteiger partial charge in [-0.1, -0.05) is 29.8 Å². The van der Waals surface area contributed by atoms with Gasteiger partial charge in [0.1, 0.15) is 11.8 Å². The summed E-state index contributed by atoms with van der Waals surface area (Å²) in [5, 5.41) is 3.76. The van der Waals surface area contributed by atoms with Crippen molar-refractivity contribution in [1.82, 2.24) is 10.3 Å². The number of hydrogen-bond donors (Lipinski definition) is 1. The monoisotopic (exact) mass is 315 g/mol. The first-order valence-corrected chi connectivity index (χ1v) is 7.74. The zero-order valence-corrected chi connectivity index (χ0v) is 13.2. The van der Waals surface area contributed by atoms with E-state index in [9.17, 15) is 0 Å². The summed E-state index contributed by atoms with van der Waals surface area (Å²) in [6, 6.07) is 10.9. The van der Waals surface area contributed by atoms with Crippen molar-refractivity contribution in [2.75, 3.05) is 19.7 Å². The minimum absolute atomic E-state index is 0.537. The Balaban J connectivity index is 1.82. The number of nitrogens with zero attached hydrogens (tertiary/aromatic N) is 2. The van der Waals surface area contributed by atoms with Crippen LogP contribution < -0.4 is 5.32 Å². The molecule has 1 aromatic heterocycles. The second kappa shape index (κ2) is 6.79. The zero-order chi connectivity index (χ0) is 15.4. The van der Waals surface area contributed by atoms with Crippen LogP contribution in [0.2, 0.25) is 5.15 Å². The number of halogens is 1. The Hall–Kier alpha value is -2.07. The highest BCUT2D eigenvalue weighted by Gasteiger charge is 2.12. The predicted octanol–water partition coefficient (Wildman–Crippen LogP) is 3.23. The van der Waals surface area contributed by atoms with Crippen LogP contribution in [0.4, 0.5) is 0 Å². The molecule has 5 heteroatoms. The molecule has 1 aromatic carbocycles. The summed E-state index contributed by atoms with van der Waals surface area (Å²) >= 11 is 6.27. The molecule has 0 atom stereocenters. The van der Waals surface area contributed by atoms with Crippen molar-refractivity contribution in [1.29, 1.82) is 0 Å². The van der Waals surface area contributed by atoms with Crippen molar-refractivity contribution >= 4 is 17.6 Å². The Morgan fingerprint density at radius 1 is 1.27 bits per heavy atom. The van der Waals surface area contributed by atoms with E-state index >= 15 is 0 Å². The van der Waals surface area contributed by atoms with Gasteiger partial charge in [-0.05, 0) is 42.2 Å². The minimum Gasteiger partial charge on any atom is -0.463 e. The molecule has 22 heavy (non-hydrogen) atoms. The molecule has 0 aliphatic carbocycles. The van der Waals surface area contributed by atoms with Crippen molar-refractivity contribution in [3.05, 3.63) is 52.8 Å². The van der Waals surface area contributed by atoms with Gasteiger partial charge < -0.3 is 10.1 Å². The molecule has 0 saturated heterocycles. The molecule has 114 valence electrons. The molecule has 0 bridgehead atoms. The third kappa shape index (κ3) is 3.22. The maximum atomic E-state index is 6.27. The molecule has 4 nitrogen and oxygen atoms in total. The van der Waals surface area contributed by atoms with Crippen molar-refractivity contribution in [2.45, 2.75) is 13.3 Å². The number of amidine groups is 1. The van der Waals surface area contributed by atoms with E-state index in [1.54, 1.807) is 6.20 Å². The van der Waals surface area contributed by atoms with Gasteiger partial charge in [0.15, 0.2) is 0 Å². The summed E-state index contributed by atoms with van der Waals surface area (Å²) in [7, 11) is 0. The molecule has 2 heterocycles. The van der Waals surface area contributed by atoms with E-state index in [-0.39, 0.29) is 0 Å². The third-order valence-electron chi connectivity index (χ3n) is 3.64. The standard InChI is InChI=1S/C17H18ClN3O/c1-12-4-2-5-13(7-9-20-17-21-10-11-22-17)15(12)14-6-3-8-19-16(14)18/h2-6,8H,7,9-11H2,1H3,(H,20,21). The Morgan fingerprint density at radius 2 is 2.18 bits per heavy atom. The molecule has 0 fully saturated rings. The van der Waals surface area contributed by atoms with E-state index in [2.05, 4.69) is 40.4 Å². The van der Waals surface area contributed by atoms with E-state index in [0.29, 0.717) is 17.8 Å². The predicted molar refractivity (Wildman–Crippen MR) is 89.4 cm³/mol. The average Bonchev–Trinajstić information content (AvgIpc) is 3.02. The van der Waals surface area contributed by atoms with Crippen LogP contribution in [0.3, 0.4) is 0 Å². The molecule has 0 saturated carbocycles. The molecule has 1 N–H and O–H groups in total. The quantitative estimate of drug-likeness (QED) is 0.881. The van der Waals surface area contributed by atoms with E-state index in [1.165, 1.54) is 11.1 Å². The first-order chi connectivity index (χ1) is 10.8. The molecule has 1 aliphatic heterocycles. The maximum absolute atomic E-state index is 6.27. The lowest BCUT2D eigenvalue weighted by atomic mass is 9.94. The second-order valence-electron chi connectivity index (χ2n) is 5.16. The largest absolute Gasteiger partial charge is 0.463 e. The first-order valence-electron chi connectivity index (χ1n) is 7.36. The lowest BCUT2D eigenvalue weighted by molar-refractivity contribution is 0.332. The number of hydrogen-bond acceptors (Lipinski definition) is 4. The molecule has 0 amide bonds. The molecule has 0 unspecified atom stereocenters. The van der Waals surface area contributed by atoms with Crippen LogP contribution in [-0.4, -0.2) is 30.7 Å². The number of pyridine rings is 1. The van der Waals surface area contributed by atoms with Crippen molar-refractivity contribution in [2.24, 2.45) is 4.99 Å². The van der Waals surface area contributed by atoms with E-state index < -0.39 is 0 Å². The molecular weight excluding hydrogens is 298 g/mol. The number of benzene rings is 1. The van der Waals surface area contributed by atoms with Crippen LogP contribution in [0, 0.1) is 6.92 Å². The number of nitrogens with one attached hydrogen (secondary N) is 1. The van der Waals surface area contributed by atoms with Gasteiger partial charge in [0.25, 0.3) is 6.02 Å². The third-order valence-corrected chi connectivity index (χ3v) is 3.94. The van der Waals surface area contributed by atoms with Crippen LogP contribution in [0.1, 0.15) is 11.1 Å². The first kappa shape index (κ1) is 14.9. The van der Waals surface area contributed by atoms with E-state index in [4.69, 9.17) is 16.3 Å². The Bertz CT molecular complexity index is 700. The summed E-state index contributed by atoms with van der Waals surface area (Å²) < 4.78 is 5.36. The van der Waals surface area contributed by atoms with Gasteiger partial charge in [-0.15, -0.1) is 0 Å². The number of aromatic nitrogens is 1. The van der Waals surface area contributed by atoms with Gasteiger partial charge in [0, 0.05) is 18.3 Å². The maximum Gasteiger partial charge on any atom is 0.284 e. The highest BCUT2D eigenvalue weighted by atomic mass is 35.5. The van der Waals surface area contributed by atoms with Crippen LogP contribution in [0.15, 0.2) is 41.5 Å². The van der Waals surface area contributed by atoms with Crippen LogP contribution in [-0.2, 0) is 11.2 Å². The topological polar surface area (TPSA) is 46.5 Å². The Labute approximate surface area is 135 Å². The van der Waals surface area contributed by atoms with Gasteiger partial charge in [-0.25, -0.2) is 9.98 Å². The van der Waals surface area contributed by atoms with Crippen molar-refractivity contribution in [3.63, 3.8) is 0 Å². The van der Waals surface area contributed by atoms with Gasteiger partial charge in [-0.3, -0.25) is 0 Å². The molecule has 2 aromatic rings. The highest BCUT2D eigenvalue weighted by molar-refractivity contribution is 6.32. The molecule has 0 spiro atoms. The minimum atomic E-state index is 0.537. The van der Waals surface area contributed by atoms with Crippen LogP contribution in [0.25, 0.3) is 11.1 Å². The van der Waals surface area contributed by atoms with Crippen LogP contribution >= 0.6 is 11.6 Å². The summed E-state index contributed by atoms with van der Waals surface area (Å²) in [5.74, 6) is 0. The molecular formula is C17H18ClN3O. The SMILES string of the molecule is Cc1cccc(CCNC2=NCCO2)c1-c1cccnc1Cl. The molecule has 3 rings (SSSR count). The summed E-state index contributed by atoms with van der Waals surface area (Å²) in [4.78, 5) is 8.42. The Kier molecular flexibility index (Phi) is 4.59. The van der Waals surface area contributed by atoms with Crippen molar-refractivity contribution in [3.8, 4) is 11.1 Å². The summed E-state index contributed by atoms with van der Waals surface area (Å²) in [5.41, 5.74) is 4.58. The molecule has 0 radical (unpaired) electrons. The summed E-state index contributed by atoms with van der Waals surface area (Å²) in [6.07, 6.45) is 2.57. The van der Waals surface area contributed by atoms with E-state index in [1.807, 2.05) is 12.1 Å². The second-order valence-corrected chi connectivity index (χ2v) is 5.52. The number of aryl methyl sites for hydroxylation is 1. The normalized spacial score (nSPS) is 13.6. The Morgan fingerprint density at radius 3 is 2.95 bits per heavy atom. The fourth-order valence-corrected chi connectivity index (χ4v) is 2.85. The van der Waals surface area contributed by atoms with Crippen molar-refractivity contribution < 1.29 is 4.74 Å². The van der Waals surface area contributed by atoms with Crippen LogP contribution in [0.5, 0.6) is 0 Å². The number of rotatable bonds is 4. The van der Waals surface area contributed by atoms with Gasteiger partial charge >= 0.3 is 0 Å². The lowest BCUT2D eigenvalue weighted by Crippen LogP contribution is -2.26. The smallest absolute Gasteiger partial charge is 0.284 e. The van der Waals surface area contributed by atoms with Gasteiger partial charge in [-0.2, -0.15) is 0 Å². The van der Waals surface area contributed by atoms with Gasteiger partial charge in [0.05, 0.1) is 6.54 Å². The number of aliphatic imine (C=N–C) groups is 1. The fourth-order valence-electron chi connectivity index (χ4n) is 2.64. The average molecular weight is 316 g/mol. The number of ether oxygens (including phenoxy) is 1. The lowest BCUT2D eigenvalue weighted by Gasteiger charge is -2.14. The van der Waals surface area contributed by atoms with Gasteiger partial charge in [0.2, 0.25) is 0 Å². The highest BCUT2D eigenvalue weighted by Crippen LogP contribution is 2.31. The zero-order valence-electron chi connectivity index (χ0n) is 12.5. The van der Waals surface area contributed by atoms with E-state index in [0.717, 1.165) is 30.6 Å².